The van der Waals surface area contributed by atoms with E-state index >= 15 is 0 Å². The maximum atomic E-state index is 13.9. The molecule has 2 aromatic rings. The van der Waals surface area contributed by atoms with Gasteiger partial charge in [-0.05, 0) is 35.7 Å². The van der Waals surface area contributed by atoms with Crippen molar-refractivity contribution in [2.24, 2.45) is 5.73 Å². The number of fused-ring (bicyclic) bond motifs is 1. The summed E-state index contributed by atoms with van der Waals surface area (Å²) in [6, 6.07) is 13.5. The van der Waals surface area contributed by atoms with Crippen molar-refractivity contribution in [3.05, 3.63) is 63.9 Å². The third-order valence-electron chi connectivity index (χ3n) is 3.72. The second-order valence-electron chi connectivity index (χ2n) is 5.06. The Morgan fingerprint density at radius 2 is 2.10 bits per heavy atom. The zero-order valence-electron chi connectivity index (χ0n) is 10.9. The van der Waals surface area contributed by atoms with E-state index in [0.29, 0.717) is 17.9 Å². The third kappa shape index (κ3) is 2.78. The van der Waals surface area contributed by atoms with Crippen LogP contribution in [0.1, 0.15) is 17.0 Å². The first-order valence-electron chi connectivity index (χ1n) is 6.56. The molecule has 0 saturated carbocycles. The summed E-state index contributed by atoms with van der Waals surface area (Å²) < 4.78 is 14.7. The number of benzene rings is 2. The fraction of sp³-hybridized carbons (Fsp3) is 0.250. The molecule has 1 aliphatic heterocycles. The number of rotatable bonds is 3. The van der Waals surface area contributed by atoms with E-state index in [1.54, 1.807) is 0 Å². The van der Waals surface area contributed by atoms with Gasteiger partial charge in [0.15, 0.2) is 0 Å². The largest absolute Gasteiger partial charge is 0.327 e. The van der Waals surface area contributed by atoms with Gasteiger partial charge in [-0.25, -0.2) is 4.39 Å². The molecule has 0 saturated heterocycles. The van der Waals surface area contributed by atoms with Gasteiger partial charge in [0.05, 0.1) is 0 Å². The van der Waals surface area contributed by atoms with Crippen molar-refractivity contribution >= 4 is 27.7 Å². The van der Waals surface area contributed by atoms with Crippen LogP contribution in [0, 0.1) is 5.82 Å². The Labute approximate surface area is 130 Å². The Hall–Kier alpha value is -0.840. The Bertz CT molecular complexity index is 632. The number of thioether (sulfide) groups is 1. The lowest BCUT2D eigenvalue weighted by atomic mass is 9.90. The topological polar surface area (TPSA) is 26.0 Å². The maximum Gasteiger partial charge on any atom is 0.127 e. The van der Waals surface area contributed by atoms with Crippen molar-refractivity contribution in [2.45, 2.75) is 23.3 Å². The van der Waals surface area contributed by atoms with Gasteiger partial charge in [-0.2, -0.15) is 0 Å². The van der Waals surface area contributed by atoms with E-state index in [4.69, 9.17) is 5.73 Å². The van der Waals surface area contributed by atoms with E-state index in [-0.39, 0.29) is 11.9 Å². The second-order valence-corrected chi connectivity index (χ2v) is 7.04. The molecule has 0 aromatic heterocycles. The van der Waals surface area contributed by atoms with Gasteiger partial charge in [0, 0.05) is 27.1 Å². The molecule has 2 unspecified atom stereocenters. The summed E-state index contributed by atoms with van der Waals surface area (Å²) in [6.45, 7) is 0. The molecule has 20 heavy (non-hydrogen) atoms. The third-order valence-corrected chi connectivity index (χ3v) is 5.43. The molecule has 0 radical (unpaired) electrons. The van der Waals surface area contributed by atoms with E-state index in [1.807, 2.05) is 36.0 Å². The van der Waals surface area contributed by atoms with Crippen LogP contribution in [-0.2, 0) is 6.42 Å². The number of halogens is 2. The molecule has 104 valence electrons. The zero-order chi connectivity index (χ0) is 14.1. The second kappa shape index (κ2) is 5.88. The van der Waals surface area contributed by atoms with Crippen LogP contribution < -0.4 is 5.73 Å². The molecule has 3 rings (SSSR count). The minimum absolute atomic E-state index is 0.0539. The van der Waals surface area contributed by atoms with E-state index in [2.05, 4.69) is 28.1 Å². The van der Waals surface area contributed by atoms with Crippen LogP contribution in [0.4, 0.5) is 4.39 Å². The summed E-state index contributed by atoms with van der Waals surface area (Å²) in [5.74, 6) is 1.10. The predicted octanol–water partition coefficient (Wildman–Crippen LogP) is 4.35. The van der Waals surface area contributed by atoms with Crippen LogP contribution in [0.25, 0.3) is 0 Å². The van der Waals surface area contributed by atoms with Crippen LogP contribution in [0.15, 0.2) is 51.8 Å². The van der Waals surface area contributed by atoms with Crippen molar-refractivity contribution in [1.82, 2.24) is 0 Å². The Balaban J connectivity index is 1.79. The molecule has 2 atom stereocenters. The average molecular weight is 352 g/mol. The fourth-order valence-corrected chi connectivity index (χ4v) is 4.31. The highest BCUT2D eigenvalue weighted by atomic mass is 79.9. The lowest BCUT2D eigenvalue weighted by Gasteiger charge is -2.20. The number of hydrogen-bond acceptors (Lipinski definition) is 2. The van der Waals surface area contributed by atoms with Gasteiger partial charge in [0.1, 0.15) is 5.82 Å². The molecule has 4 heteroatoms. The van der Waals surface area contributed by atoms with E-state index in [9.17, 15) is 4.39 Å². The SMILES string of the molecule is NC(Cc1ccc(Br)cc1F)C1CSc2ccccc21. The van der Waals surface area contributed by atoms with Gasteiger partial charge in [-0.1, -0.05) is 40.2 Å². The van der Waals surface area contributed by atoms with E-state index in [0.717, 1.165) is 10.2 Å². The van der Waals surface area contributed by atoms with Crippen molar-refractivity contribution in [3.8, 4) is 0 Å². The molecular formula is C16H15BrFNS. The normalized spacial score (nSPS) is 18.9. The van der Waals surface area contributed by atoms with Crippen molar-refractivity contribution < 1.29 is 4.39 Å². The lowest BCUT2D eigenvalue weighted by Crippen LogP contribution is -2.31. The van der Waals surface area contributed by atoms with Gasteiger partial charge in [-0.15, -0.1) is 11.8 Å². The molecule has 1 aliphatic rings. The summed E-state index contributed by atoms with van der Waals surface area (Å²) in [5, 5.41) is 0. The Morgan fingerprint density at radius 3 is 2.90 bits per heavy atom. The number of hydrogen-bond donors (Lipinski definition) is 1. The van der Waals surface area contributed by atoms with Crippen LogP contribution in [0.5, 0.6) is 0 Å². The molecule has 0 bridgehead atoms. The minimum atomic E-state index is -0.186. The highest BCUT2D eigenvalue weighted by Crippen LogP contribution is 2.41. The lowest BCUT2D eigenvalue weighted by molar-refractivity contribution is 0.543. The summed E-state index contributed by atoms with van der Waals surface area (Å²) in [6.07, 6.45) is 0.568. The van der Waals surface area contributed by atoms with Crippen molar-refractivity contribution in [2.75, 3.05) is 5.75 Å². The molecule has 0 spiro atoms. The predicted molar refractivity (Wildman–Crippen MR) is 85.7 cm³/mol. The standard InChI is InChI=1S/C16H15BrFNS/c17-11-6-5-10(14(18)8-11)7-15(19)13-9-20-16-4-2-1-3-12(13)16/h1-6,8,13,15H,7,9,19H2. The molecular weight excluding hydrogens is 337 g/mol. The fourth-order valence-electron chi connectivity index (χ4n) is 2.63. The first-order chi connectivity index (χ1) is 9.65. The van der Waals surface area contributed by atoms with Crippen LogP contribution >= 0.6 is 27.7 Å². The average Bonchev–Trinajstić information content (AvgIpc) is 2.86. The molecule has 0 aliphatic carbocycles. The molecule has 1 heterocycles. The van der Waals surface area contributed by atoms with Gasteiger partial charge in [0.25, 0.3) is 0 Å². The van der Waals surface area contributed by atoms with Gasteiger partial charge < -0.3 is 5.73 Å². The highest BCUT2D eigenvalue weighted by Gasteiger charge is 2.28. The van der Waals surface area contributed by atoms with E-state index in [1.165, 1.54) is 16.5 Å². The Morgan fingerprint density at radius 1 is 1.30 bits per heavy atom. The van der Waals surface area contributed by atoms with Gasteiger partial charge >= 0.3 is 0 Å². The van der Waals surface area contributed by atoms with Crippen molar-refractivity contribution in [3.63, 3.8) is 0 Å². The van der Waals surface area contributed by atoms with Crippen LogP contribution in [0.3, 0.4) is 0 Å². The first-order valence-corrected chi connectivity index (χ1v) is 8.34. The molecule has 2 N–H and O–H groups in total. The summed E-state index contributed by atoms with van der Waals surface area (Å²) in [4.78, 5) is 1.31. The van der Waals surface area contributed by atoms with Crippen molar-refractivity contribution in [1.29, 1.82) is 0 Å². The highest BCUT2D eigenvalue weighted by molar-refractivity contribution is 9.10. The summed E-state index contributed by atoms with van der Waals surface area (Å²) in [7, 11) is 0. The monoisotopic (exact) mass is 351 g/mol. The summed E-state index contributed by atoms with van der Waals surface area (Å²) >= 11 is 5.12. The maximum absolute atomic E-state index is 13.9. The van der Waals surface area contributed by atoms with E-state index < -0.39 is 0 Å². The van der Waals surface area contributed by atoms with Crippen LogP contribution in [0.2, 0.25) is 0 Å². The van der Waals surface area contributed by atoms with Gasteiger partial charge in [0.2, 0.25) is 0 Å². The molecule has 2 aromatic carbocycles. The summed E-state index contributed by atoms with van der Waals surface area (Å²) in [5.41, 5.74) is 8.34. The molecule has 0 amide bonds. The van der Waals surface area contributed by atoms with Crippen LogP contribution in [-0.4, -0.2) is 11.8 Å². The Kier molecular flexibility index (Phi) is 4.15. The molecule has 1 nitrogen and oxygen atoms in total. The minimum Gasteiger partial charge on any atom is -0.327 e. The quantitative estimate of drug-likeness (QED) is 0.889. The smallest absolute Gasteiger partial charge is 0.127 e. The number of nitrogens with two attached hydrogens (primary N) is 1. The molecule has 0 fully saturated rings. The first kappa shape index (κ1) is 14.1. The van der Waals surface area contributed by atoms with Gasteiger partial charge in [-0.3, -0.25) is 0 Å². The zero-order valence-corrected chi connectivity index (χ0v) is 13.3.